The standard InChI is InChI=1S/C23H23N3O2/c1-15-10-11-19(21(12-15)27-4)23-22(18-8-6-5-7-9-18)24-14-26(23)13-20-16(2)25-28-17(20)3/h5-12,14H,13H2,1-4H3. The third-order valence-corrected chi connectivity index (χ3v) is 5.01. The van der Waals surface area contributed by atoms with Crippen molar-refractivity contribution in [3.63, 3.8) is 0 Å². The molecule has 0 fully saturated rings. The predicted octanol–water partition coefficient (Wildman–Crippen LogP) is 5.19. The van der Waals surface area contributed by atoms with E-state index in [9.17, 15) is 0 Å². The molecule has 0 aliphatic carbocycles. The zero-order valence-corrected chi connectivity index (χ0v) is 16.6. The molecule has 142 valence electrons. The third kappa shape index (κ3) is 3.20. The highest BCUT2D eigenvalue weighted by Gasteiger charge is 2.20. The van der Waals surface area contributed by atoms with Gasteiger partial charge in [-0.3, -0.25) is 0 Å². The lowest BCUT2D eigenvalue weighted by Crippen LogP contribution is -2.04. The molecule has 0 aliphatic heterocycles. The normalized spacial score (nSPS) is 11.0. The van der Waals surface area contributed by atoms with Crippen LogP contribution in [-0.4, -0.2) is 21.8 Å². The molecule has 0 unspecified atom stereocenters. The Balaban J connectivity index is 1.92. The minimum atomic E-state index is 0.632. The summed E-state index contributed by atoms with van der Waals surface area (Å²) < 4.78 is 13.2. The average Bonchev–Trinajstić information content (AvgIpc) is 3.27. The molecule has 4 rings (SSSR count). The van der Waals surface area contributed by atoms with E-state index in [1.807, 2.05) is 38.4 Å². The van der Waals surface area contributed by atoms with Crippen molar-refractivity contribution in [2.24, 2.45) is 0 Å². The van der Waals surface area contributed by atoms with Crippen LogP contribution >= 0.6 is 0 Å². The quantitative estimate of drug-likeness (QED) is 0.483. The van der Waals surface area contributed by atoms with Crippen molar-refractivity contribution >= 4 is 0 Å². The van der Waals surface area contributed by atoms with Crippen molar-refractivity contribution in [3.05, 3.63) is 77.4 Å². The molecule has 5 heteroatoms. The van der Waals surface area contributed by atoms with Crippen LogP contribution in [0.1, 0.15) is 22.6 Å². The highest BCUT2D eigenvalue weighted by atomic mass is 16.5. The van der Waals surface area contributed by atoms with Gasteiger partial charge in [-0.05, 0) is 38.5 Å². The van der Waals surface area contributed by atoms with Gasteiger partial charge in [0.05, 0.1) is 37.1 Å². The maximum Gasteiger partial charge on any atom is 0.138 e. The van der Waals surface area contributed by atoms with Crippen molar-refractivity contribution in [3.8, 4) is 28.3 Å². The molecule has 0 radical (unpaired) electrons. The van der Waals surface area contributed by atoms with Gasteiger partial charge in [-0.1, -0.05) is 41.6 Å². The summed E-state index contributed by atoms with van der Waals surface area (Å²) >= 11 is 0. The van der Waals surface area contributed by atoms with Gasteiger partial charge in [0.15, 0.2) is 0 Å². The molecule has 0 saturated heterocycles. The molecule has 0 N–H and O–H groups in total. The third-order valence-electron chi connectivity index (χ3n) is 5.01. The van der Waals surface area contributed by atoms with Gasteiger partial charge >= 0.3 is 0 Å². The Morgan fingerprint density at radius 1 is 1.04 bits per heavy atom. The maximum atomic E-state index is 5.71. The second-order valence-electron chi connectivity index (χ2n) is 6.94. The van der Waals surface area contributed by atoms with E-state index in [1.165, 1.54) is 0 Å². The van der Waals surface area contributed by atoms with Crippen LogP contribution in [0.15, 0.2) is 59.4 Å². The van der Waals surface area contributed by atoms with Gasteiger partial charge in [0.25, 0.3) is 0 Å². The summed E-state index contributed by atoms with van der Waals surface area (Å²) in [4.78, 5) is 4.76. The molecule has 0 spiro atoms. The van der Waals surface area contributed by atoms with Gasteiger partial charge in [0.2, 0.25) is 0 Å². The Kier molecular flexibility index (Phi) is 4.74. The van der Waals surface area contributed by atoms with Crippen molar-refractivity contribution in [2.75, 3.05) is 7.11 Å². The Morgan fingerprint density at radius 3 is 2.50 bits per heavy atom. The van der Waals surface area contributed by atoms with Crippen LogP contribution < -0.4 is 4.74 Å². The van der Waals surface area contributed by atoms with Crippen LogP contribution in [0, 0.1) is 20.8 Å². The lowest BCUT2D eigenvalue weighted by atomic mass is 10.0. The molecular formula is C23H23N3O2. The molecule has 4 aromatic rings. The first kappa shape index (κ1) is 18.0. The van der Waals surface area contributed by atoms with Gasteiger partial charge in [-0.2, -0.15) is 0 Å². The summed E-state index contributed by atoms with van der Waals surface area (Å²) in [7, 11) is 1.70. The second kappa shape index (κ2) is 7.35. The van der Waals surface area contributed by atoms with E-state index >= 15 is 0 Å². The fraction of sp³-hybridized carbons (Fsp3) is 0.217. The number of hydrogen-bond donors (Lipinski definition) is 0. The number of aryl methyl sites for hydroxylation is 3. The lowest BCUT2D eigenvalue weighted by Gasteiger charge is -2.14. The molecule has 0 aliphatic rings. The van der Waals surface area contributed by atoms with Crippen LogP contribution in [-0.2, 0) is 6.54 Å². The zero-order valence-electron chi connectivity index (χ0n) is 16.6. The van der Waals surface area contributed by atoms with Crippen LogP contribution in [0.2, 0.25) is 0 Å². The van der Waals surface area contributed by atoms with Crippen molar-refractivity contribution in [1.82, 2.24) is 14.7 Å². The SMILES string of the molecule is COc1cc(C)ccc1-c1c(-c2ccccc2)ncn1Cc1c(C)noc1C. The van der Waals surface area contributed by atoms with Crippen molar-refractivity contribution in [2.45, 2.75) is 27.3 Å². The first-order chi connectivity index (χ1) is 13.6. The monoisotopic (exact) mass is 373 g/mol. The van der Waals surface area contributed by atoms with Gasteiger partial charge in [0.1, 0.15) is 11.5 Å². The smallest absolute Gasteiger partial charge is 0.138 e. The summed E-state index contributed by atoms with van der Waals surface area (Å²) in [5.74, 6) is 1.66. The Hall–Kier alpha value is -3.34. The van der Waals surface area contributed by atoms with E-state index in [1.54, 1.807) is 7.11 Å². The van der Waals surface area contributed by atoms with Crippen LogP contribution in [0.25, 0.3) is 22.5 Å². The van der Waals surface area contributed by atoms with Crippen LogP contribution in [0.4, 0.5) is 0 Å². The van der Waals surface area contributed by atoms with Crippen LogP contribution in [0.3, 0.4) is 0 Å². The molecule has 28 heavy (non-hydrogen) atoms. The molecule has 5 nitrogen and oxygen atoms in total. The first-order valence-electron chi connectivity index (χ1n) is 9.25. The zero-order chi connectivity index (χ0) is 19.7. The Morgan fingerprint density at radius 2 is 1.82 bits per heavy atom. The van der Waals surface area contributed by atoms with E-state index in [0.717, 1.165) is 50.8 Å². The first-order valence-corrected chi connectivity index (χ1v) is 9.25. The van der Waals surface area contributed by atoms with E-state index in [-0.39, 0.29) is 0 Å². The molecular weight excluding hydrogens is 350 g/mol. The number of ether oxygens (including phenoxy) is 1. The minimum absolute atomic E-state index is 0.632. The summed E-state index contributed by atoms with van der Waals surface area (Å²) in [6, 6.07) is 16.5. The maximum absolute atomic E-state index is 5.71. The number of hydrogen-bond acceptors (Lipinski definition) is 4. The number of rotatable bonds is 5. The topological polar surface area (TPSA) is 53.1 Å². The van der Waals surface area contributed by atoms with Gasteiger partial charge in [-0.25, -0.2) is 4.98 Å². The van der Waals surface area contributed by atoms with E-state index in [0.29, 0.717) is 6.54 Å². The summed E-state index contributed by atoms with van der Waals surface area (Å²) in [6.45, 7) is 6.60. The number of methoxy groups -OCH3 is 1. The lowest BCUT2D eigenvalue weighted by molar-refractivity contribution is 0.392. The Bertz CT molecular complexity index is 1090. The van der Waals surface area contributed by atoms with Gasteiger partial charge < -0.3 is 13.8 Å². The van der Waals surface area contributed by atoms with Crippen molar-refractivity contribution < 1.29 is 9.26 Å². The number of aromatic nitrogens is 3. The summed E-state index contributed by atoms with van der Waals surface area (Å²) in [5, 5.41) is 4.09. The molecule has 0 saturated carbocycles. The Labute approximate surface area is 164 Å². The molecule has 0 amide bonds. The predicted molar refractivity (Wildman–Crippen MR) is 109 cm³/mol. The fourth-order valence-corrected chi connectivity index (χ4v) is 3.48. The number of nitrogens with zero attached hydrogens (tertiary/aromatic N) is 3. The van der Waals surface area contributed by atoms with E-state index < -0.39 is 0 Å². The largest absolute Gasteiger partial charge is 0.496 e. The average molecular weight is 373 g/mol. The van der Waals surface area contributed by atoms with Gasteiger partial charge in [-0.15, -0.1) is 0 Å². The summed E-state index contributed by atoms with van der Waals surface area (Å²) in [5.41, 5.74) is 7.14. The molecule has 2 heterocycles. The molecule has 2 aromatic heterocycles. The second-order valence-corrected chi connectivity index (χ2v) is 6.94. The highest BCUT2D eigenvalue weighted by Crippen LogP contribution is 2.37. The number of benzene rings is 2. The minimum Gasteiger partial charge on any atom is -0.496 e. The fourth-order valence-electron chi connectivity index (χ4n) is 3.48. The molecule has 2 aromatic carbocycles. The highest BCUT2D eigenvalue weighted by molar-refractivity contribution is 5.82. The molecule has 0 atom stereocenters. The van der Waals surface area contributed by atoms with E-state index in [4.69, 9.17) is 14.2 Å². The number of imidazole rings is 1. The summed E-state index contributed by atoms with van der Waals surface area (Å²) in [6.07, 6.45) is 1.88. The molecule has 0 bridgehead atoms. The van der Waals surface area contributed by atoms with Gasteiger partial charge in [0, 0.05) is 16.7 Å². The van der Waals surface area contributed by atoms with Crippen molar-refractivity contribution in [1.29, 1.82) is 0 Å². The van der Waals surface area contributed by atoms with E-state index in [2.05, 4.69) is 47.0 Å². The van der Waals surface area contributed by atoms with Crippen LogP contribution in [0.5, 0.6) is 5.75 Å².